The topological polar surface area (TPSA) is 27.7 Å². The van der Waals surface area contributed by atoms with E-state index in [4.69, 9.17) is 14.2 Å². The van der Waals surface area contributed by atoms with Crippen molar-refractivity contribution in [2.75, 3.05) is 21.3 Å². The fourth-order valence-electron chi connectivity index (χ4n) is 1.62. The molecule has 4 heteroatoms. The van der Waals surface area contributed by atoms with Crippen molar-refractivity contribution in [2.24, 2.45) is 0 Å². The summed E-state index contributed by atoms with van der Waals surface area (Å²) in [5, 5.41) is 0. The van der Waals surface area contributed by atoms with Crippen molar-refractivity contribution in [1.82, 2.24) is 0 Å². The minimum absolute atomic E-state index is 0.135. The van der Waals surface area contributed by atoms with E-state index in [2.05, 4.69) is 0 Å². The summed E-state index contributed by atoms with van der Waals surface area (Å²) in [5.41, 5.74) is 0.778. The molecule has 1 aromatic rings. The molecule has 1 aromatic carbocycles. The van der Waals surface area contributed by atoms with E-state index in [9.17, 15) is 4.39 Å². The van der Waals surface area contributed by atoms with Gasteiger partial charge in [-0.25, -0.2) is 4.39 Å². The zero-order valence-corrected chi connectivity index (χ0v) is 9.99. The van der Waals surface area contributed by atoms with Gasteiger partial charge in [0.15, 0.2) is 0 Å². The molecule has 0 aliphatic carbocycles. The Morgan fingerprint density at radius 3 is 2.31 bits per heavy atom. The van der Waals surface area contributed by atoms with Gasteiger partial charge >= 0.3 is 0 Å². The number of hydrogen-bond donors (Lipinski definition) is 0. The van der Waals surface area contributed by atoms with Gasteiger partial charge in [0, 0.05) is 25.8 Å². The lowest BCUT2D eigenvalue weighted by Gasteiger charge is -2.23. The normalized spacial score (nSPS) is 14.6. The summed E-state index contributed by atoms with van der Waals surface area (Å²) in [5.74, 6) is 0.135. The summed E-state index contributed by atoms with van der Waals surface area (Å²) < 4.78 is 28.7. The maximum atomic E-state index is 13.0. The quantitative estimate of drug-likeness (QED) is 0.775. The van der Waals surface area contributed by atoms with Crippen LogP contribution in [-0.4, -0.2) is 27.4 Å². The van der Waals surface area contributed by atoms with Crippen molar-refractivity contribution < 1.29 is 18.6 Å². The van der Waals surface area contributed by atoms with E-state index in [1.165, 1.54) is 19.2 Å². The molecule has 16 heavy (non-hydrogen) atoms. The highest BCUT2D eigenvalue weighted by molar-refractivity contribution is 5.36. The Labute approximate surface area is 95.1 Å². The van der Waals surface area contributed by atoms with Crippen molar-refractivity contribution in [3.63, 3.8) is 0 Å². The SMILES string of the molecule is COc1cc(F)ccc1C(OC)C(C)OC. The van der Waals surface area contributed by atoms with Gasteiger partial charge in [0.2, 0.25) is 0 Å². The third kappa shape index (κ3) is 2.71. The molecule has 0 fully saturated rings. The molecule has 0 radical (unpaired) electrons. The minimum atomic E-state index is -0.333. The van der Waals surface area contributed by atoms with Crippen molar-refractivity contribution >= 4 is 0 Å². The second-order valence-electron chi connectivity index (χ2n) is 3.48. The van der Waals surface area contributed by atoms with Crippen LogP contribution in [-0.2, 0) is 9.47 Å². The molecule has 2 unspecified atom stereocenters. The van der Waals surface area contributed by atoms with Crippen LogP contribution < -0.4 is 4.74 Å². The Bertz CT molecular complexity index is 341. The summed E-state index contributed by atoms with van der Waals surface area (Å²) in [6.07, 6.45) is -0.412. The van der Waals surface area contributed by atoms with Crippen LogP contribution in [0.5, 0.6) is 5.75 Å². The summed E-state index contributed by atoms with van der Waals surface area (Å²) in [6, 6.07) is 4.37. The molecule has 0 aromatic heterocycles. The molecule has 0 amide bonds. The second kappa shape index (κ2) is 5.82. The van der Waals surface area contributed by atoms with Crippen LogP contribution in [0.3, 0.4) is 0 Å². The standard InChI is InChI=1S/C12H17FO3/c1-8(14-2)12(16-4)10-6-5-9(13)7-11(10)15-3/h5-8,12H,1-4H3. The van der Waals surface area contributed by atoms with Gasteiger partial charge in [-0.3, -0.25) is 0 Å². The number of benzene rings is 1. The lowest BCUT2D eigenvalue weighted by Crippen LogP contribution is -2.19. The number of hydrogen-bond acceptors (Lipinski definition) is 3. The number of halogens is 1. The molecule has 1 rings (SSSR count). The van der Waals surface area contributed by atoms with E-state index >= 15 is 0 Å². The monoisotopic (exact) mass is 228 g/mol. The number of ether oxygens (including phenoxy) is 3. The third-order valence-corrected chi connectivity index (χ3v) is 2.55. The number of methoxy groups -OCH3 is 3. The fourth-order valence-corrected chi connectivity index (χ4v) is 1.62. The Morgan fingerprint density at radius 1 is 1.12 bits per heavy atom. The smallest absolute Gasteiger partial charge is 0.127 e. The molecule has 2 atom stereocenters. The molecular weight excluding hydrogens is 211 g/mol. The van der Waals surface area contributed by atoms with Gasteiger partial charge in [-0.1, -0.05) is 0 Å². The maximum Gasteiger partial charge on any atom is 0.127 e. The summed E-state index contributed by atoms with van der Waals surface area (Å²) >= 11 is 0. The first-order valence-corrected chi connectivity index (χ1v) is 5.03. The molecule has 0 N–H and O–H groups in total. The molecule has 0 aliphatic rings. The van der Waals surface area contributed by atoms with E-state index in [0.717, 1.165) is 5.56 Å². The predicted molar refractivity (Wildman–Crippen MR) is 59.2 cm³/mol. The first-order valence-electron chi connectivity index (χ1n) is 5.03. The first-order chi connectivity index (χ1) is 7.63. The molecule has 3 nitrogen and oxygen atoms in total. The van der Waals surface area contributed by atoms with E-state index < -0.39 is 0 Å². The Hall–Kier alpha value is -1.13. The van der Waals surface area contributed by atoms with Gasteiger partial charge in [-0.2, -0.15) is 0 Å². The largest absolute Gasteiger partial charge is 0.496 e. The van der Waals surface area contributed by atoms with Crippen molar-refractivity contribution in [3.8, 4) is 5.75 Å². The summed E-state index contributed by atoms with van der Waals surface area (Å²) in [6.45, 7) is 1.89. The van der Waals surface area contributed by atoms with Gasteiger partial charge in [-0.15, -0.1) is 0 Å². The molecule has 90 valence electrons. The molecule has 0 saturated heterocycles. The molecule has 0 aliphatic heterocycles. The van der Waals surface area contributed by atoms with Crippen LogP contribution in [0.25, 0.3) is 0 Å². The molecule has 0 spiro atoms. The van der Waals surface area contributed by atoms with Crippen LogP contribution in [0.4, 0.5) is 4.39 Å². The molecule has 0 heterocycles. The Kier molecular flexibility index (Phi) is 4.71. The highest BCUT2D eigenvalue weighted by Gasteiger charge is 2.22. The van der Waals surface area contributed by atoms with Crippen LogP contribution in [0.2, 0.25) is 0 Å². The summed E-state index contributed by atoms with van der Waals surface area (Å²) in [7, 11) is 4.69. The first kappa shape index (κ1) is 12.9. The van der Waals surface area contributed by atoms with E-state index in [-0.39, 0.29) is 18.0 Å². The van der Waals surface area contributed by atoms with Gasteiger partial charge in [-0.05, 0) is 19.1 Å². The zero-order valence-electron chi connectivity index (χ0n) is 9.99. The molecule has 0 bridgehead atoms. The van der Waals surface area contributed by atoms with Gasteiger partial charge in [0.1, 0.15) is 17.7 Å². The van der Waals surface area contributed by atoms with Crippen LogP contribution in [0, 0.1) is 5.82 Å². The number of rotatable bonds is 5. The maximum absolute atomic E-state index is 13.0. The highest BCUT2D eigenvalue weighted by atomic mass is 19.1. The van der Waals surface area contributed by atoms with Crippen LogP contribution in [0.1, 0.15) is 18.6 Å². The van der Waals surface area contributed by atoms with E-state index in [1.807, 2.05) is 6.92 Å². The molecular formula is C12H17FO3. The third-order valence-electron chi connectivity index (χ3n) is 2.55. The van der Waals surface area contributed by atoms with Gasteiger partial charge < -0.3 is 14.2 Å². The van der Waals surface area contributed by atoms with E-state index in [0.29, 0.717) is 5.75 Å². The average molecular weight is 228 g/mol. The second-order valence-corrected chi connectivity index (χ2v) is 3.48. The van der Waals surface area contributed by atoms with Crippen molar-refractivity contribution in [3.05, 3.63) is 29.6 Å². The highest BCUT2D eigenvalue weighted by Crippen LogP contribution is 2.31. The fraction of sp³-hybridized carbons (Fsp3) is 0.500. The average Bonchev–Trinajstić information content (AvgIpc) is 2.31. The lowest BCUT2D eigenvalue weighted by molar-refractivity contribution is -0.0287. The lowest BCUT2D eigenvalue weighted by atomic mass is 10.0. The van der Waals surface area contributed by atoms with E-state index in [1.54, 1.807) is 20.3 Å². The predicted octanol–water partition coefficient (Wildman–Crippen LogP) is 2.56. The Morgan fingerprint density at radius 2 is 1.81 bits per heavy atom. The zero-order chi connectivity index (χ0) is 12.1. The van der Waals surface area contributed by atoms with Crippen LogP contribution >= 0.6 is 0 Å². The van der Waals surface area contributed by atoms with Crippen molar-refractivity contribution in [1.29, 1.82) is 0 Å². The minimum Gasteiger partial charge on any atom is -0.496 e. The van der Waals surface area contributed by atoms with Crippen LogP contribution in [0.15, 0.2) is 18.2 Å². The Balaban J connectivity index is 3.08. The van der Waals surface area contributed by atoms with Crippen molar-refractivity contribution in [2.45, 2.75) is 19.1 Å². The van der Waals surface area contributed by atoms with Gasteiger partial charge in [0.05, 0.1) is 13.2 Å². The van der Waals surface area contributed by atoms with Gasteiger partial charge in [0.25, 0.3) is 0 Å². The summed E-state index contributed by atoms with van der Waals surface area (Å²) in [4.78, 5) is 0. The molecule has 0 saturated carbocycles.